The standard InChI is InChI=1S/C23H22N8O/c1-16(32)29-5-7-30(8-6-29)22-4-3-17(11-25-22)21-9-18(20-13-26-28(2)14-20)15-31-23(21)19(10-24)12-27-31/h3-4,9,11-15H,5-8H2,1-2H3. The van der Waals surface area contributed by atoms with Crippen molar-refractivity contribution in [1.82, 2.24) is 29.3 Å². The first-order valence-electron chi connectivity index (χ1n) is 10.4. The highest BCUT2D eigenvalue weighted by Gasteiger charge is 2.20. The largest absolute Gasteiger partial charge is 0.353 e. The SMILES string of the molecule is CC(=O)N1CCN(c2ccc(-c3cc(-c4cnn(C)c4)cn4ncc(C#N)c34)cn2)CC1. The maximum absolute atomic E-state index is 11.6. The summed E-state index contributed by atoms with van der Waals surface area (Å²) in [5.41, 5.74) is 4.99. The Morgan fingerprint density at radius 1 is 1.00 bits per heavy atom. The molecule has 1 saturated heterocycles. The van der Waals surface area contributed by atoms with Crippen LogP contribution in [0.15, 0.2) is 49.2 Å². The summed E-state index contributed by atoms with van der Waals surface area (Å²) in [6.07, 6.45) is 9.09. The van der Waals surface area contributed by atoms with Crippen molar-refractivity contribution in [2.24, 2.45) is 7.05 Å². The van der Waals surface area contributed by atoms with Gasteiger partial charge in [0, 0.05) is 81.0 Å². The second-order valence-corrected chi connectivity index (χ2v) is 7.91. The van der Waals surface area contributed by atoms with Gasteiger partial charge in [-0.25, -0.2) is 9.50 Å². The minimum atomic E-state index is 0.111. The number of amides is 1. The number of pyridine rings is 2. The zero-order valence-corrected chi connectivity index (χ0v) is 17.9. The maximum atomic E-state index is 11.6. The molecule has 9 nitrogen and oxygen atoms in total. The smallest absolute Gasteiger partial charge is 0.219 e. The van der Waals surface area contributed by atoms with E-state index in [1.165, 1.54) is 0 Å². The van der Waals surface area contributed by atoms with Crippen molar-refractivity contribution in [2.45, 2.75) is 6.92 Å². The highest BCUT2D eigenvalue weighted by molar-refractivity contribution is 5.87. The quantitative estimate of drug-likeness (QED) is 0.499. The summed E-state index contributed by atoms with van der Waals surface area (Å²) in [4.78, 5) is 20.3. The summed E-state index contributed by atoms with van der Waals surface area (Å²) < 4.78 is 3.50. The van der Waals surface area contributed by atoms with Crippen LogP contribution >= 0.6 is 0 Å². The minimum Gasteiger partial charge on any atom is -0.353 e. The van der Waals surface area contributed by atoms with E-state index in [1.54, 1.807) is 22.3 Å². The van der Waals surface area contributed by atoms with Crippen LogP contribution in [0, 0.1) is 11.3 Å². The molecule has 4 aromatic heterocycles. The first kappa shape index (κ1) is 19.8. The molecule has 0 N–H and O–H groups in total. The zero-order valence-electron chi connectivity index (χ0n) is 17.9. The number of aryl methyl sites for hydroxylation is 1. The minimum absolute atomic E-state index is 0.111. The van der Waals surface area contributed by atoms with Crippen LogP contribution in [0.3, 0.4) is 0 Å². The average molecular weight is 426 g/mol. The molecule has 0 aromatic carbocycles. The normalized spacial score (nSPS) is 14.0. The molecule has 1 aliphatic rings. The van der Waals surface area contributed by atoms with E-state index in [0.29, 0.717) is 18.7 Å². The number of hydrogen-bond acceptors (Lipinski definition) is 6. The molecule has 9 heteroatoms. The van der Waals surface area contributed by atoms with Crippen LogP contribution in [0.1, 0.15) is 12.5 Å². The second kappa shape index (κ2) is 7.81. The Balaban J connectivity index is 1.52. The molecule has 1 amide bonds. The van der Waals surface area contributed by atoms with Gasteiger partial charge in [0.15, 0.2) is 0 Å². The molecule has 4 aromatic rings. The molecule has 32 heavy (non-hydrogen) atoms. The Kier molecular flexibility index (Phi) is 4.82. The van der Waals surface area contributed by atoms with Crippen molar-refractivity contribution in [3.63, 3.8) is 0 Å². The van der Waals surface area contributed by atoms with E-state index >= 15 is 0 Å². The molecule has 5 rings (SSSR count). The number of rotatable bonds is 3. The van der Waals surface area contributed by atoms with Crippen molar-refractivity contribution in [3.8, 4) is 28.3 Å². The van der Waals surface area contributed by atoms with Gasteiger partial charge in [0.25, 0.3) is 0 Å². The fourth-order valence-electron chi connectivity index (χ4n) is 4.13. The van der Waals surface area contributed by atoms with E-state index < -0.39 is 0 Å². The number of carbonyl (C=O) groups excluding carboxylic acids is 1. The topological polar surface area (TPSA) is 95.4 Å². The molecule has 160 valence electrons. The summed E-state index contributed by atoms with van der Waals surface area (Å²) >= 11 is 0. The van der Waals surface area contributed by atoms with Crippen LogP contribution < -0.4 is 4.90 Å². The molecule has 1 aliphatic heterocycles. The van der Waals surface area contributed by atoms with Gasteiger partial charge in [-0.1, -0.05) is 0 Å². The zero-order chi connectivity index (χ0) is 22.2. The summed E-state index contributed by atoms with van der Waals surface area (Å²) in [7, 11) is 1.88. The Hall–Kier alpha value is -4.19. The van der Waals surface area contributed by atoms with Gasteiger partial charge < -0.3 is 9.80 Å². The van der Waals surface area contributed by atoms with Crippen molar-refractivity contribution >= 4 is 17.2 Å². The van der Waals surface area contributed by atoms with Gasteiger partial charge in [-0.05, 0) is 18.2 Å². The number of hydrogen-bond donors (Lipinski definition) is 0. The molecule has 0 radical (unpaired) electrons. The number of fused-ring (bicyclic) bond motifs is 1. The third kappa shape index (κ3) is 3.46. The number of nitriles is 1. The summed E-state index contributed by atoms with van der Waals surface area (Å²) in [5, 5.41) is 18.2. The van der Waals surface area contributed by atoms with Gasteiger partial charge in [-0.3, -0.25) is 9.48 Å². The Labute approximate surface area is 185 Å². The van der Waals surface area contributed by atoms with Gasteiger partial charge in [0.2, 0.25) is 5.91 Å². The van der Waals surface area contributed by atoms with Gasteiger partial charge in [-0.2, -0.15) is 15.5 Å². The summed E-state index contributed by atoms with van der Waals surface area (Å²) in [6.45, 7) is 4.53. The highest BCUT2D eigenvalue weighted by atomic mass is 16.2. The van der Waals surface area contributed by atoms with Crippen LogP contribution in [-0.4, -0.2) is 61.4 Å². The summed E-state index contributed by atoms with van der Waals surface area (Å²) in [6, 6.07) is 8.31. The molecule has 0 atom stereocenters. The fourth-order valence-corrected chi connectivity index (χ4v) is 4.13. The first-order valence-corrected chi connectivity index (χ1v) is 10.4. The number of anilines is 1. The molecule has 0 spiro atoms. The van der Waals surface area contributed by atoms with Crippen molar-refractivity contribution < 1.29 is 4.79 Å². The van der Waals surface area contributed by atoms with Crippen LogP contribution in [0.4, 0.5) is 5.82 Å². The predicted octanol–water partition coefficient (Wildman–Crippen LogP) is 2.34. The molecule has 5 heterocycles. The van der Waals surface area contributed by atoms with E-state index in [0.717, 1.165) is 46.7 Å². The van der Waals surface area contributed by atoms with Crippen LogP contribution in [0.2, 0.25) is 0 Å². The van der Waals surface area contributed by atoms with Crippen molar-refractivity contribution in [2.75, 3.05) is 31.1 Å². The van der Waals surface area contributed by atoms with Crippen molar-refractivity contribution in [3.05, 3.63) is 54.7 Å². The monoisotopic (exact) mass is 426 g/mol. The first-order chi connectivity index (χ1) is 15.5. The summed E-state index contributed by atoms with van der Waals surface area (Å²) in [5.74, 6) is 0.991. The van der Waals surface area contributed by atoms with Gasteiger partial charge in [0.05, 0.1) is 23.5 Å². The fraction of sp³-hybridized carbons (Fsp3) is 0.261. The van der Waals surface area contributed by atoms with E-state index in [-0.39, 0.29) is 5.91 Å². The average Bonchev–Trinajstić information content (AvgIpc) is 3.44. The number of aromatic nitrogens is 5. The molecule has 0 bridgehead atoms. The van der Waals surface area contributed by atoms with Crippen LogP contribution in [-0.2, 0) is 11.8 Å². The molecular weight excluding hydrogens is 404 g/mol. The van der Waals surface area contributed by atoms with Gasteiger partial charge >= 0.3 is 0 Å². The van der Waals surface area contributed by atoms with E-state index in [4.69, 9.17) is 4.98 Å². The Bertz CT molecular complexity index is 1340. The van der Waals surface area contributed by atoms with Crippen LogP contribution in [0.5, 0.6) is 0 Å². The lowest BCUT2D eigenvalue weighted by atomic mass is 10.0. The molecule has 1 fully saturated rings. The second-order valence-electron chi connectivity index (χ2n) is 7.91. The Morgan fingerprint density at radius 2 is 1.81 bits per heavy atom. The maximum Gasteiger partial charge on any atom is 0.219 e. The lowest BCUT2D eigenvalue weighted by molar-refractivity contribution is -0.129. The number of nitrogens with zero attached hydrogens (tertiary/aromatic N) is 8. The van der Waals surface area contributed by atoms with Gasteiger partial charge in [0.1, 0.15) is 11.9 Å². The van der Waals surface area contributed by atoms with Crippen molar-refractivity contribution in [1.29, 1.82) is 5.26 Å². The molecular formula is C23H22N8O. The highest BCUT2D eigenvalue weighted by Crippen LogP contribution is 2.32. The number of piperazine rings is 1. The van der Waals surface area contributed by atoms with E-state index in [2.05, 4.69) is 27.2 Å². The lowest BCUT2D eigenvalue weighted by Crippen LogP contribution is -2.48. The predicted molar refractivity (Wildman–Crippen MR) is 120 cm³/mol. The Morgan fingerprint density at radius 3 is 2.44 bits per heavy atom. The third-order valence-electron chi connectivity index (χ3n) is 5.88. The van der Waals surface area contributed by atoms with E-state index in [1.807, 2.05) is 48.9 Å². The molecule has 0 unspecified atom stereocenters. The molecule has 0 aliphatic carbocycles. The lowest BCUT2D eigenvalue weighted by Gasteiger charge is -2.34. The van der Waals surface area contributed by atoms with Gasteiger partial charge in [-0.15, -0.1) is 0 Å². The number of carbonyl (C=O) groups is 1. The molecule has 0 saturated carbocycles. The van der Waals surface area contributed by atoms with E-state index in [9.17, 15) is 10.1 Å². The van der Waals surface area contributed by atoms with Crippen LogP contribution in [0.25, 0.3) is 27.8 Å². The third-order valence-corrected chi connectivity index (χ3v) is 5.88.